The highest BCUT2D eigenvalue weighted by Gasteiger charge is 2.14. The quantitative estimate of drug-likeness (QED) is 0.508. The van der Waals surface area contributed by atoms with Crippen LogP contribution < -0.4 is 11.1 Å². The first kappa shape index (κ1) is 13.0. The molecule has 0 aliphatic carbocycles. The lowest BCUT2D eigenvalue weighted by Crippen LogP contribution is -2.21. The summed E-state index contributed by atoms with van der Waals surface area (Å²) in [5.41, 5.74) is 7.12. The molecule has 2 rings (SSSR count). The second kappa shape index (κ2) is 5.49. The lowest BCUT2D eigenvalue weighted by atomic mass is 10.2. The molecular weight excluding hydrogens is 266 g/mol. The molecule has 0 fully saturated rings. The molecule has 0 saturated carbocycles. The number of carbonyl (C=O) groups is 1. The Morgan fingerprint density at radius 3 is 2.53 bits per heavy atom. The van der Waals surface area contributed by atoms with Gasteiger partial charge in [0.05, 0.1) is 9.80 Å². The maximum absolute atomic E-state index is 11.8. The number of carbonyl (C=O) groups excluding carboxylic acids is 1. The van der Waals surface area contributed by atoms with Crippen molar-refractivity contribution in [3.8, 4) is 0 Å². The Morgan fingerprint density at radius 2 is 1.95 bits per heavy atom. The molecule has 1 aromatic heterocycles. The molecular formula is C12H11N3O3S. The summed E-state index contributed by atoms with van der Waals surface area (Å²) in [7, 11) is 0. The summed E-state index contributed by atoms with van der Waals surface area (Å²) in [5, 5.41) is 13.2. The van der Waals surface area contributed by atoms with Gasteiger partial charge in [0.15, 0.2) is 0 Å². The maximum Gasteiger partial charge on any atom is 0.324 e. The maximum atomic E-state index is 11.8. The third kappa shape index (κ3) is 3.29. The second-order valence-corrected chi connectivity index (χ2v) is 4.88. The predicted molar refractivity (Wildman–Crippen MR) is 73.0 cm³/mol. The molecule has 0 aliphatic rings. The Bertz CT molecular complexity index is 607. The van der Waals surface area contributed by atoms with Crippen molar-refractivity contribution >= 4 is 27.9 Å². The summed E-state index contributed by atoms with van der Waals surface area (Å²) < 4.78 is 0. The number of nitrogen functional groups attached to an aromatic ring is 1. The molecule has 1 heterocycles. The van der Waals surface area contributed by atoms with Gasteiger partial charge in [-0.2, -0.15) is 0 Å². The molecule has 6 nitrogen and oxygen atoms in total. The van der Waals surface area contributed by atoms with Gasteiger partial charge >= 0.3 is 5.00 Å². The zero-order valence-corrected chi connectivity index (χ0v) is 10.6. The van der Waals surface area contributed by atoms with E-state index < -0.39 is 4.92 Å². The number of amides is 1. The first-order chi connectivity index (χ1) is 9.06. The second-order valence-electron chi connectivity index (χ2n) is 3.82. The molecule has 1 aromatic carbocycles. The average molecular weight is 277 g/mol. The van der Waals surface area contributed by atoms with Crippen LogP contribution in [0.3, 0.4) is 0 Å². The topological polar surface area (TPSA) is 98.3 Å². The minimum atomic E-state index is -0.512. The molecule has 0 radical (unpaired) electrons. The summed E-state index contributed by atoms with van der Waals surface area (Å²) in [6, 6.07) is 9.89. The monoisotopic (exact) mass is 277 g/mol. The Balaban J connectivity index is 1.97. The number of benzene rings is 1. The van der Waals surface area contributed by atoms with Crippen molar-refractivity contribution in [3.05, 3.63) is 57.0 Å². The number of nitro groups is 1. The van der Waals surface area contributed by atoms with Crippen molar-refractivity contribution in [2.75, 3.05) is 5.73 Å². The molecule has 0 aliphatic heterocycles. The van der Waals surface area contributed by atoms with E-state index in [0.717, 1.165) is 16.9 Å². The van der Waals surface area contributed by atoms with Crippen molar-refractivity contribution in [1.29, 1.82) is 0 Å². The van der Waals surface area contributed by atoms with E-state index in [4.69, 9.17) is 5.73 Å². The number of hydrogen-bond acceptors (Lipinski definition) is 5. The van der Waals surface area contributed by atoms with Gasteiger partial charge in [0.2, 0.25) is 0 Å². The molecule has 0 spiro atoms. The fraction of sp³-hybridized carbons (Fsp3) is 0.0833. The third-order valence-corrected chi connectivity index (χ3v) is 3.46. The molecule has 2 aromatic rings. The zero-order chi connectivity index (χ0) is 13.8. The Morgan fingerprint density at radius 1 is 1.26 bits per heavy atom. The number of hydrogen-bond donors (Lipinski definition) is 2. The van der Waals surface area contributed by atoms with E-state index in [-0.39, 0.29) is 10.9 Å². The van der Waals surface area contributed by atoms with Crippen molar-refractivity contribution < 1.29 is 9.72 Å². The standard InChI is InChI=1S/C12H11N3O3S/c13-9-3-1-8(2-4-9)7-14-12(16)10-5-6-11(19-10)15(17)18/h1-6H,7,13H2,(H,14,16). The molecule has 7 heteroatoms. The molecule has 0 bridgehead atoms. The smallest absolute Gasteiger partial charge is 0.324 e. The van der Waals surface area contributed by atoms with Gasteiger partial charge in [-0.3, -0.25) is 14.9 Å². The summed E-state index contributed by atoms with van der Waals surface area (Å²) >= 11 is 0.856. The molecule has 0 atom stereocenters. The van der Waals surface area contributed by atoms with Crippen molar-refractivity contribution in [1.82, 2.24) is 5.32 Å². The van der Waals surface area contributed by atoms with Crippen LogP contribution in [0.5, 0.6) is 0 Å². The Kier molecular flexibility index (Phi) is 3.76. The molecule has 3 N–H and O–H groups in total. The van der Waals surface area contributed by atoms with Crippen LogP contribution in [0.15, 0.2) is 36.4 Å². The van der Waals surface area contributed by atoms with Crippen LogP contribution in [0.25, 0.3) is 0 Å². The number of nitrogens with two attached hydrogens (primary N) is 1. The van der Waals surface area contributed by atoms with Crippen LogP contribution >= 0.6 is 11.3 Å². The highest BCUT2D eigenvalue weighted by atomic mass is 32.1. The SMILES string of the molecule is Nc1ccc(CNC(=O)c2ccc([N+](=O)[O-])s2)cc1. The largest absolute Gasteiger partial charge is 0.399 e. The summed E-state index contributed by atoms with van der Waals surface area (Å²) in [6.45, 7) is 0.352. The van der Waals surface area contributed by atoms with E-state index >= 15 is 0 Å². The lowest BCUT2D eigenvalue weighted by molar-refractivity contribution is -0.380. The van der Waals surface area contributed by atoms with E-state index in [1.54, 1.807) is 12.1 Å². The van der Waals surface area contributed by atoms with Crippen molar-refractivity contribution in [2.45, 2.75) is 6.54 Å². The number of nitrogens with one attached hydrogen (secondary N) is 1. The predicted octanol–water partition coefficient (Wildman–Crippen LogP) is 2.17. The van der Waals surface area contributed by atoms with Crippen LogP contribution in [0.2, 0.25) is 0 Å². The molecule has 0 unspecified atom stereocenters. The van der Waals surface area contributed by atoms with Crippen LogP contribution in [0.4, 0.5) is 10.7 Å². The van der Waals surface area contributed by atoms with E-state index in [9.17, 15) is 14.9 Å². The Labute approximate surface area is 113 Å². The highest BCUT2D eigenvalue weighted by Crippen LogP contribution is 2.23. The highest BCUT2D eigenvalue weighted by molar-refractivity contribution is 7.17. The van der Waals surface area contributed by atoms with Gasteiger partial charge in [0.1, 0.15) is 0 Å². The third-order valence-electron chi connectivity index (χ3n) is 2.43. The normalized spacial score (nSPS) is 10.1. The number of rotatable bonds is 4. The van der Waals surface area contributed by atoms with Gasteiger partial charge in [-0.15, -0.1) is 0 Å². The van der Waals surface area contributed by atoms with Gasteiger partial charge in [0, 0.05) is 18.3 Å². The fourth-order valence-electron chi connectivity index (χ4n) is 1.45. The van der Waals surface area contributed by atoms with E-state index in [1.807, 2.05) is 12.1 Å². The number of thiophene rings is 1. The summed E-state index contributed by atoms with van der Waals surface area (Å²) in [4.78, 5) is 22.1. The minimum absolute atomic E-state index is 0.0439. The van der Waals surface area contributed by atoms with E-state index in [2.05, 4.69) is 5.32 Å². The number of anilines is 1. The van der Waals surface area contributed by atoms with E-state index in [0.29, 0.717) is 17.1 Å². The molecule has 0 saturated heterocycles. The first-order valence-corrected chi connectivity index (χ1v) is 6.25. The Hall–Kier alpha value is -2.41. The zero-order valence-electron chi connectivity index (χ0n) is 9.83. The van der Waals surface area contributed by atoms with Crippen LogP contribution in [-0.2, 0) is 6.54 Å². The van der Waals surface area contributed by atoms with E-state index in [1.165, 1.54) is 12.1 Å². The van der Waals surface area contributed by atoms with Crippen molar-refractivity contribution in [3.63, 3.8) is 0 Å². The van der Waals surface area contributed by atoms with Gasteiger partial charge in [-0.25, -0.2) is 0 Å². The first-order valence-electron chi connectivity index (χ1n) is 5.43. The van der Waals surface area contributed by atoms with Crippen LogP contribution in [0, 0.1) is 10.1 Å². The van der Waals surface area contributed by atoms with Gasteiger partial charge in [0.25, 0.3) is 5.91 Å². The molecule has 19 heavy (non-hydrogen) atoms. The van der Waals surface area contributed by atoms with Gasteiger partial charge in [-0.05, 0) is 23.8 Å². The fourth-order valence-corrected chi connectivity index (χ4v) is 2.19. The van der Waals surface area contributed by atoms with Crippen LogP contribution in [0.1, 0.15) is 15.2 Å². The summed E-state index contributed by atoms with van der Waals surface area (Å²) in [5.74, 6) is -0.324. The van der Waals surface area contributed by atoms with Gasteiger partial charge < -0.3 is 11.1 Å². The number of nitrogens with zero attached hydrogens (tertiary/aromatic N) is 1. The lowest BCUT2D eigenvalue weighted by Gasteiger charge is -2.03. The van der Waals surface area contributed by atoms with Gasteiger partial charge in [-0.1, -0.05) is 23.5 Å². The minimum Gasteiger partial charge on any atom is -0.399 e. The molecule has 1 amide bonds. The van der Waals surface area contributed by atoms with Crippen LogP contribution in [-0.4, -0.2) is 10.8 Å². The summed E-state index contributed by atoms with van der Waals surface area (Å²) in [6.07, 6.45) is 0. The average Bonchev–Trinajstić information content (AvgIpc) is 2.87. The molecule has 98 valence electrons. The van der Waals surface area contributed by atoms with Crippen molar-refractivity contribution in [2.24, 2.45) is 0 Å².